The Bertz CT molecular complexity index is 1450. The summed E-state index contributed by atoms with van der Waals surface area (Å²) >= 11 is 0. The molecule has 9 nitrogen and oxygen atoms in total. The molecule has 2 aliphatic rings. The van der Waals surface area contributed by atoms with Crippen LogP contribution in [0.4, 0.5) is 0 Å². The van der Waals surface area contributed by atoms with Crippen LogP contribution in [-0.4, -0.2) is 50.6 Å². The highest BCUT2D eigenvalue weighted by Crippen LogP contribution is 2.31. The van der Waals surface area contributed by atoms with Crippen molar-refractivity contribution < 1.29 is 24.1 Å². The lowest BCUT2D eigenvalue weighted by atomic mass is 9.96. The molecule has 3 aromatic heterocycles. The molecular weight excluding hydrogens is 484 g/mol. The van der Waals surface area contributed by atoms with Crippen molar-refractivity contribution in [3.8, 4) is 5.75 Å². The molecule has 1 aromatic carbocycles. The standard InChI is InChI=1S/C29H30N4O5/c34-28(35)15-27(20-13-22(17-30-16-20)29-37-11-12-38-29)33-26-8-7-24(14-21(26)18-31-33)36-10-9-23-6-5-19-3-1-2-4-25(19)32-23/h5-8,13-14,16-18,27,29H,1-4,9-12,15H2,(H,34,35)/t27-/m0/s1. The minimum absolute atomic E-state index is 0.139. The Morgan fingerprint density at radius 2 is 1.95 bits per heavy atom. The van der Waals surface area contributed by atoms with Crippen molar-refractivity contribution in [2.24, 2.45) is 0 Å². The monoisotopic (exact) mass is 514 g/mol. The first-order valence-corrected chi connectivity index (χ1v) is 13.1. The highest BCUT2D eigenvalue weighted by Gasteiger charge is 2.24. The van der Waals surface area contributed by atoms with Gasteiger partial charge in [-0.1, -0.05) is 6.07 Å². The number of aryl methyl sites for hydroxylation is 2. The quantitative estimate of drug-likeness (QED) is 0.349. The van der Waals surface area contributed by atoms with Gasteiger partial charge in [-0.05, 0) is 67.1 Å². The van der Waals surface area contributed by atoms with Gasteiger partial charge in [0.2, 0.25) is 0 Å². The predicted molar refractivity (Wildman–Crippen MR) is 139 cm³/mol. The summed E-state index contributed by atoms with van der Waals surface area (Å²) in [6, 6.07) is 11.4. The molecule has 1 N–H and O–H groups in total. The molecule has 0 bridgehead atoms. The van der Waals surface area contributed by atoms with Gasteiger partial charge in [0, 0.05) is 41.2 Å². The van der Waals surface area contributed by atoms with Crippen LogP contribution >= 0.6 is 0 Å². The van der Waals surface area contributed by atoms with Crippen LogP contribution in [0.25, 0.3) is 10.9 Å². The first kappa shape index (κ1) is 24.5. The maximum atomic E-state index is 11.8. The van der Waals surface area contributed by atoms with Gasteiger partial charge in [0.1, 0.15) is 5.75 Å². The predicted octanol–water partition coefficient (Wildman–Crippen LogP) is 4.44. The average Bonchev–Trinajstić information content (AvgIpc) is 3.62. The maximum Gasteiger partial charge on any atom is 0.305 e. The van der Waals surface area contributed by atoms with Crippen LogP contribution in [0.15, 0.2) is 55.0 Å². The fourth-order valence-electron chi connectivity index (χ4n) is 5.26. The van der Waals surface area contributed by atoms with E-state index in [4.69, 9.17) is 19.2 Å². The van der Waals surface area contributed by atoms with E-state index in [1.807, 2.05) is 24.3 Å². The largest absolute Gasteiger partial charge is 0.493 e. The van der Waals surface area contributed by atoms with Gasteiger partial charge >= 0.3 is 5.97 Å². The van der Waals surface area contributed by atoms with Gasteiger partial charge in [-0.15, -0.1) is 0 Å². The number of fused-ring (bicyclic) bond motifs is 2. The van der Waals surface area contributed by atoms with E-state index in [9.17, 15) is 9.90 Å². The highest BCUT2D eigenvalue weighted by atomic mass is 16.7. The molecule has 38 heavy (non-hydrogen) atoms. The van der Waals surface area contributed by atoms with Crippen molar-refractivity contribution in [2.75, 3.05) is 19.8 Å². The van der Waals surface area contributed by atoms with Gasteiger partial charge in [0.05, 0.1) is 44.0 Å². The van der Waals surface area contributed by atoms with Crippen molar-refractivity contribution in [2.45, 2.75) is 50.9 Å². The van der Waals surface area contributed by atoms with Gasteiger partial charge < -0.3 is 19.3 Å². The number of aliphatic carboxylic acids is 1. The number of rotatable bonds is 9. The van der Waals surface area contributed by atoms with Gasteiger partial charge in [0.15, 0.2) is 6.29 Å². The van der Waals surface area contributed by atoms with Crippen LogP contribution in [0.2, 0.25) is 0 Å². The number of benzene rings is 1. The topological polar surface area (TPSA) is 109 Å². The summed E-state index contributed by atoms with van der Waals surface area (Å²) in [6.07, 6.45) is 9.87. The zero-order chi connectivity index (χ0) is 25.9. The van der Waals surface area contributed by atoms with E-state index in [1.165, 1.54) is 24.1 Å². The van der Waals surface area contributed by atoms with Crippen molar-refractivity contribution in [3.63, 3.8) is 0 Å². The van der Waals surface area contributed by atoms with Gasteiger partial charge in [-0.2, -0.15) is 5.10 Å². The van der Waals surface area contributed by atoms with Crippen LogP contribution in [0, 0.1) is 0 Å². The lowest BCUT2D eigenvalue weighted by Gasteiger charge is -2.19. The molecule has 1 atom stereocenters. The van der Waals surface area contributed by atoms with Crippen molar-refractivity contribution >= 4 is 16.9 Å². The SMILES string of the molecule is O=C(O)C[C@@H](c1cncc(C2OCCO2)c1)n1ncc2cc(OCCc3ccc4c(n3)CCCC4)ccc21. The number of carboxylic acids is 1. The Kier molecular flexibility index (Phi) is 7.02. The molecule has 6 rings (SSSR count). The van der Waals surface area contributed by atoms with Gasteiger partial charge in [-0.3, -0.25) is 19.4 Å². The number of hydrogen-bond acceptors (Lipinski definition) is 7. The zero-order valence-electron chi connectivity index (χ0n) is 21.1. The summed E-state index contributed by atoms with van der Waals surface area (Å²) in [6.45, 7) is 1.56. The summed E-state index contributed by atoms with van der Waals surface area (Å²) in [5, 5.41) is 15.1. The number of carbonyl (C=O) groups is 1. The third kappa shape index (κ3) is 5.25. The van der Waals surface area contributed by atoms with Gasteiger partial charge in [-0.25, -0.2) is 0 Å². The normalized spacial score (nSPS) is 16.4. The van der Waals surface area contributed by atoms with Crippen LogP contribution < -0.4 is 4.74 Å². The second-order valence-corrected chi connectivity index (χ2v) is 9.76. The molecule has 0 saturated carbocycles. The van der Waals surface area contributed by atoms with Crippen LogP contribution in [0.5, 0.6) is 5.75 Å². The average molecular weight is 515 g/mol. The molecule has 0 radical (unpaired) electrons. The van der Waals surface area contributed by atoms with Crippen molar-refractivity contribution in [3.05, 3.63) is 83.1 Å². The fourth-order valence-corrected chi connectivity index (χ4v) is 5.26. The minimum atomic E-state index is -0.923. The van der Waals surface area contributed by atoms with Crippen LogP contribution in [0.3, 0.4) is 0 Å². The number of nitrogens with zero attached hydrogens (tertiary/aromatic N) is 4. The molecule has 0 amide bonds. The number of hydrogen-bond donors (Lipinski definition) is 1. The third-order valence-corrected chi connectivity index (χ3v) is 7.15. The Hall–Kier alpha value is -3.82. The molecule has 0 unspecified atom stereocenters. The second-order valence-electron chi connectivity index (χ2n) is 9.76. The first-order valence-electron chi connectivity index (χ1n) is 13.1. The zero-order valence-corrected chi connectivity index (χ0v) is 21.1. The van der Waals surface area contributed by atoms with E-state index in [2.05, 4.69) is 22.2 Å². The second kappa shape index (κ2) is 10.9. The minimum Gasteiger partial charge on any atom is -0.493 e. The number of ether oxygens (including phenoxy) is 3. The Morgan fingerprint density at radius 1 is 1.08 bits per heavy atom. The number of carboxylic acid groups (broad SMARTS) is 1. The van der Waals surface area contributed by atoms with E-state index >= 15 is 0 Å². The molecule has 196 valence electrons. The van der Waals surface area contributed by atoms with E-state index < -0.39 is 18.3 Å². The molecule has 9 heteroatoms. The Labute approximate surface area is 220 Å². The fraction of sp³-hybridized carbons (Fsp3) is 0.379. The summed E-state index contributed by atoms with van der Waals surface area (Å²) in [5.41, 5.74) is 5.98. The summed E-state index contributed by atoms with van der Waals surface area (Å²) in [5.74, 6) is -0.183. The van der Waals surface area contributed by atoms with Crippen molar-refractivity contribution in [1.82, 2.24) is 19.7 Å². The molecule has 4 aromatic rings. The molecule has 1 fully saturated rings. The summed E-state index contributed by atoms with van der Waals surface area (Å²) in [7, 11) is 0. The van der Waals surface area contributed by atoms with Crippen molar-refractivity contribution in [1.29, 1.82) is 0 Å². The molecule has 1 saturated heterocycles. The summed E-state index contributed by atoms with van der Waals surface area (Å²) < 4.78 is 19.0. The molecule has 1 aliphatic carbocycles. The first-order chi connectivity index (χ1) is 18.6. The van der Waals surface area contributed by atoms with Gasteiger partial charge in [0.25, 0.3) is 0 Å². The Balaban J connectivity index is 1.19. The molecular formula is C29H30N4O5. The maximum absolute atomic E-state index is 11.8. The Morgan fingerprint density at radius 3 is 2.82 bits per heavy atom. The molecule has 1 aliphatic heterocycles. The number of aromatic nitrogens is 4. The number of pyridine rings is 2. The van der Waals surface area contributed by atoms with Crippen LogP contribution in [-0.2, 0) is 33.5 Å². The van der Waals surface area contributed by atoms with E-state index in [0.717, 1.165) is 52.7 Å². The van der Waals surface area contributed by atoms with Crippen LogP contribution in [0.1, 0.15) is 59.7 Å². The smallest absolute Gasteiger partial charge is 0.305 e. The third-order valence-electron chi connectivity index (χ3n) is 7.15. The summed E-state index contributed by atoms with van der Waals surface area (Å²) in [4.78, 5) is 21.0. The molecule has 0 spiro atoms. The highest BCUT2D eigenvalue weighted by molar-refractivity contribution is 5.81. The lowest BCUT2D eigenvalue weighted by Crippen LogP contribution is -2.17. The van der Waals surface area contributed by atoms with E-state index in [1.54, 1.807) is 23.3 Å². The lowest BCUT2D eigenvalue weighted by molar-refractivity contribution is -0.137. The van der Waals surface area contributed by atoms with E-state index in [0.29, 0.717) is 19.8 Å². The van der Waals surface area contributed by atoms with E-state index in [-0.39, 0.29) is 6.42 Å². The molecule has 4 heterocycles.